The van der Waals surface area contributed by atoms with Gasteiger partial charge in [0.15, 0.2) is 5.12 Å². The van der Waals surface area contributed by atoms with Gasteiger partial charge in [0.25, 0.3) is 0 Å². The van der Waals surface area contributed by atoms with E-state index in [0.29, 0.717) is 30.1 Å². The van der Waals surface area contributed by atoms with Crippen LogP contribution in [0.25, 0.3) is 0 Å². The molecule has 1 unspecified atom stereocenters. The summed E-state index contributed by atoms with van der Waals surface area (Å²) in [4.78, 5) is 37.0. The minimum absolute atomic E-state index is 0.00243. The van der Waals surface area contributed by atoms with Crippen molar-refractivity contribution in [3.05, 3.63) is 16.5 Å². The van der Waals surface area contributed by atoms with Crippen molar-refractivity contribution in [3.8, 4) is 0 Å². The lowest BCUT2D eigenvalue weighted by molar-refractivity contribution is -0.117. The van der Waals surface area contributed by atoms with Crippen LogP contribution < -0.4 is 4.90 Å². The summed E-state index contributed by atoms with van der Waals surface area (Å²) >= 11 is 2.54. The third-order valence-corrected chi connectivity index (χ3v) is 5.20. The second kappa shape index (κ2) is 6.62. The van der Waals surface area contributed by atoms with E-state index in [-0.39, 0.29) is 16.3 Å². The lowest BCUT2D eigenvalue weighted by Gasteiger charge is -2.16. The van der Waals surface area contributed by atoms with Crippen LogP contribution in [0.4, 0.5) is 5.00 Å². The van der Waals surface area contributed by atoms with Gasteiger partial charge in [-0.25, -0.2) is 4.79 Å². The van der Waals surface area contributed by atoms with Crippen molar-refractivity contribution in [2.45, 2.75) is 32.4 Å². The molecule has 0 N–H and O–H groups in total. The van der Waals surface area contributed by atoms with Crippen LogP contribution in [-0.2, 0) is 14.3 Å². The molecular weight excluding hydrogens is 310 g/mol. The number of thiophene rings is 1. The molecule has 0 aliphatic carbocycles. The number of nitrogens with zero attached hydrogens (tertiary/aromatic N) is 1. The summed E-state index contributed by atoms with van der Waals surface area (Å²) in [5.41, 5.74) is 1.27. The van der Waals surface area contributed by atoms with E-state index in [9.17, 15) is 14.4 Å². The molecule has 114 valence electrons. The normalized spacial score (nSPS) is 18.1. The largest absolute Gasteiger partial charge is 0.462 e. The molecule has 0 spiro atoms. The average molecular weight is 327 g/mol. The molecule has 0 saturated carbocycles. The van der Waals surface area contributed by atoms with E-state index >= 15 is 0 Å². The van der Waals surface area contributed by atoms with Crippen molar-refractivity contribution < 1.29 is 19.1 Å². The molecule has 7 heteroatoms. The predicted molar refractivity (Wildman–Crippen MR) is 84.0 cm³/mol. The monoisotopic (exact) mass is 327 g/mol. The first kappa shape index (κ1) is 16.0. The van der Waals surface area contributed by atoms with E-state index in [4.69, 9.17) is 4.74 Å². The number of aryl methyl sites for hydroxylation is 1. The molecule has 5 nitrogen and oxygen atoms in total. The third kappa shape index (κ3) is 3.47. The lowest BCUT2D eigenvalue weighted by atomic mass is 10.2. The number of ether oxygens (including phenoxy) is 1. The summed E-state index contributed by atoms with van der Waals surface area (Å²) in [7, 11) is 0. The molecule has 0 aromatic carbocycles. The number of anilines is 1. The molecule has 1 aromatic heterocycles. The number of carbonyl (C=O) groups excluding carboxylic acids is 3. The molecule has 1 saturated heterocycles. The highest BCUT2D eigenvalue weighted by Crippen LogP contribution is 2.36. The predicted octanol–water partition coefficient (Wildman–Crippen LogP) is 2.62. The number of hydrogen-bond acceptors (Lipinski definition) is 6. The molecule has 0 radical (unpaired) electrons. The summed E-state index contributed by atoms with van der Waals surface area (Å²) in [6.07, 6.45) is 0.323. The number of hydrogen-bond donors (Lipinski definition) is 0. The van der Waals surface area contributed by atoms with Crippen LogP contribution in [0.3, 0.4) is 0 Å². The number of thioether (sulfide) groups is 1. The fourth-order valence-corrected chi connectivity index (χ4v) is 4.26. The molecule has 2 rings (SSSR count). The standard InChI is InChI=1S/C14H17NO4S2/c1-4-19-14(18)12-8(2)7-20-13(12)15-6-10(5-11(15)17)21-9(3)16/h7,10H,4-6H2,1-3H3. The molecule has 0 bridgehead atoms. The zero-order chi connectivity index (χ0) is 15.6. The Labute approximate surface area is 131 Å². The molecule has 1 aliphatic rings. The summed E-state index contributed by atoms with van der Waals surface area (Å²) in [5, 5.41) is 2.43. The van der Waals surface area contributed by atoms with Crippen LogP contribution in [-0.4, -0.2) is 35.4 Å². The van der Waals surface area contributed by atoms with Crippen LogP contribution in [0.1, 0.15) is 36.2 Å². The highest BCUT2D eigenvalue weighted by atomic mass is 32.2. The van der Waals surface area contributed by atoms with Gasteiger partial charge in [-0.15, -0.1) is 11.3 Å². The van der Waals surface area contributed by atoms with Crippen LogP contribution in [0, 0.1) is 6.92 Å². The summed E-state index contributed by atoms with van der Waals surface area (Å²) < 4.78 is 5.06. The first-order valence-corrected chi connectivity index (χ1v) is 8.42. The van der Waals surface area contributed by atoms with Gasteiger partial charge in [-0.1, -0.05) is 11.8 Å². The third-order valence-electron chi connectivity index (χ3n) is 3.10. The van der Waals surface area contributed by atoms with Crippen molar-refractivity contribution >= 4 is 45.1 Å². The molecular formula is C14H17NO4S2. The first-order valence-electron chi connectivity index (χ1n) is 6.66. The van der Waals surface area contributed by atoms with Gasteiger partial charge >= 0.3 is 5.97 Å². The maximum absolute atomic E-state index is 12.2. The van der Waals surface area contributed by atoms with Gasteiger partial charge in [0.2, 0.25) is 5.91 Å². The highest BCUT2D eigenvalue weighted by Gasteiger charge is 2.35. The Hall–Kier alpha value is -1.34. The van der Waals surface area contributed by atoms with Gasteiger partial charge in [0.05, 0.1) is 12.2 Å². The van der Waals surface area contributed by atoms with Crippen molar-refractivity contribution in [2.75, 3.05) is 18.1 Å². The van der Waals surface area contributed by atoms with Crippen LogP contribution in [0.2, 0.25) is 0 Å². The van der Waals surface area contributed by atoms with Gasteiger partial charge in [-0.3, -0.25) is 9.59 Å². The number of esters is 1. The van der Waals surface area contributed by atoms with Gasteiger partial charge < -0.3 is 9.64 Å². The van der Waals surface area contributed by atoms with Gasteiger partial charge in [-0.2, -0.15) is 0 Å². The van der Waals surface area contributed by atoms with Gasteiger partial charge in [-0.05, 0) is 24.8 Å². The minimum Gasteiger partial charge on any atom is -0.462 e. The summed E-state index contributed by atoms with van der Waals surface area (Å²) in [6.45, 7) is 5.82. The maximum Gasteiger partial charge on any atom is 0.341 e. The minimum atomic E-state index is -0.401. The van der Waals surface area contributed by atoms with Gasteiger partial charge in [0.1, 0.15) is 5.00 Å². The van der Waals surface area contributed by atoms with E-state index in [1.54, 1.807) is 11.8 Å². The second-order valence-corrected chi connectivity index (χ2v) is 7.09. The second-order valence-electron chi connectivity index (χ2n) is 4.76. The highest BCUT2D eigenvalue weighted by molar-refractivity contribution is 8.14. The number of amides is 1. The van der Waals surface area contributed by atoms with Crippen molar-refractivity contribution in [1.29, 1.82) is 0 Å². The van der Waals surface area contributed by atoms with E-state index in [0.717, 1.165) is 5.56 Å². The molecule has 21 heavy (non-hydrogen) atoms. The Kier molecular flexibility index (Phi) is 5.05. The van der Waals surface area contributed by atoms with E-state index in [1.165, 1.54) is 30.0 Å². The number of rotatable bonds is 4. The zero-order valence-electron chi connectivity index (χ0n) is 12.2. The quantitative estimate of drug-likeness (QED) is 0.796. The fraction of sp³-hybridized carbons (Fsp3) is 0.500. The Morgan fingerprint density at radius 3 is 2.86 bits per heavy atom. The first-order chi connectivity index (χ1) is 9.93. The van der Waals surface area contributed by atoms with Crippen LogP contribution >= 0.6 is 23.1 Å². The van der Waals surface area contributed by atoms with Crippen LogP contribution in [0.15, 0.2) is 5.38 Å². The lowest BCUT2D eigenvalue weighted by Crippen LogP contribution is -2.26. The van der Waals surface area contributed by atoms with Crippen LogP contribution in [0.5, 0.6) is 0 Å². The Balaban J connectivity index is 2.24. The maximum atomic E-state index is 12.2. The average Bonchev–Trinajstić information content (AvgIpc) is 2.92. The van der Waals surface area contributed by atoms with E-state index in [2.05, 4.69) is 0 Å². The molecule has 1 atom stereocenters. The fourth-order valence-electron chi connectivity index (χ4n) is 2.27. The van der Waals surface area contributed by atoms with Crippen molar-refractivity contribution in [1.82, 2.24) is 0 Å². The molecule has 1 amide bonds. The number of carbonyl (C=O) groups is 3. The van der Waals surface area contributed by atoms with E-state index in [1.807, 2.05) is 12.3 Å². The SMILES string of the molecule is CCOC(=O)c1c(C)csc1N1CC(SC(C)=O)CC1=O. The van der Waals surface area contributed by atoms with Gasteiger partial charge in [0, 0.05) is 25.1 Å². The summed E-state index contributed by atoms with van der Waals surface area (Å²) in [5.74, 6) is -0.456. The zero-order valence-corrected chi connectivity index (χ0v) is 13.8. The molecule has 1 aromatic rings. The van der Waals surface area contributed by atoms with E-state index < -0.39 is 5.97 Å². The topological polar surface area (TPSA) is 63.7 Å². The molecule has 2 heterocycles. The smallest absolute Gasteiger partial charge is 0.341 e. The molecule has 1 fully saturated rings. The Morgan fingerprint density at radius 2 is 2.24 bits per heavy atom. The Morgan fingerprint density at radius 1 is 1.52 bits per heavy atom. The molecule has 1 aliphatic heterocycles. The Bertz CT molecular complexity index is 582. The van der Waals surface area contributed by atoms with Crippen molar-refractivity contribution in [3.63, 3.8) is 0 Å². The summed E-state index contributed by atoms with van der Waals surface area (Å²) in [6, 6.07) is 0. The van der Waals surface area contributed by atoms with Crippen molar-refractivity contribution in [2.24, 2.45) is 0 Å².